The van der Waals surface area contributed by atoms with Crippen molar-refractivity contribution >= 4 is 52.2 Å². The third kappa shape index (κ3) is 3.00. The largest absolute Gasteiger partial charge is 0.466 e. The van der Waals surface area contributed by atoms with E-state index in [1.165, 1.54) is 7.11 Å². The SMILES string of the molecule is COC(=O)C1=C(N)N(c2cc(Cl)cc(Cl)c2)C2=C(C(=O)CCC2)C12C(=O)Nc1ccc(C)cc12. The second-order valence-electron chi connectivity index (χ2n) is 8.57. The summed E-state index contributed by atoms with van der Waals surface area (Å²) in [4.78, 5) is 42.3. The van der Waals surface area contributed by atoms with Gasteiger partial charge >= 0.3 is 5.97 Å². The molecule has 2 aromatic rings. The summed E-state index contributed by atoms with van der Waals surface area (Å²) in [6.45, 7) is 1.88. The minimum atomic E-state index is -1.72. The number of ketones is 1. The molecule has 9 heteroatoms. The Hall–Kier alpha value is -3.29. The van der Waals surface area contributed by atoms with E-state index in [0.29, 0.717) is 45.5 Å². The first-order valence-corrected chi connectivity index (χ1v) is 11.5. The highest BCUT2D eigenvalue weighted by Crippen LogP contribution is 2.55. The van der Waals surface area contributed by atoms with Crippen LogP contribution in [-0.4, -0.2) is 24.8 Å². The van der Waals surface area contributed by atoms with Crippen LogP contribution in [0.15, 0.2) is 59.1 Å². The zero-order valence-corrected chi connectivity index (χ0v) is 20.0. The molecule has 174 valence electrons. The number of aryl methyl sites for hydroxylation is 1. The van der Waals surface area contributed by atoms with Gasteiger partial charge < -0.3 is 15.8 Å². The standard InChI is InChI=1S/C25H21Cl2N3O4/c1-12-6-7-17-16(8-12)25(24(33)29-17)20-18(4-3-5-19(20)31)30(22(28)21(25)23(32)34-2)15-10-13(26)9-14(27)11-15/h6-11H,3-5,28H2,1-2H3,(H,29,33). The van der Waals surface area contributed by atoms with Gasteiger partial charge in [-0.2, -0.15) is 0 Å². The number of hydrogen-bond acceptors (Lipinski definition) is 6. The normalized spacial score (nSPS) is 21.6. The molecule has 7 nitrogen and oxygen atoms in total. The molecular formula is C25H21Cl2N3O4. The fraction of sp³-hybridized carbons (Fsp3) is 0.240. The summed E-state index contributed by atoms with van der Waals surface area (Å²) in [5, 5.41) is 3.58. The quantitative estimate of drug-likeness (QED) is 0.597. The Kier molecular flexibility index (Phi) is 5.22. The minimum Gasteiger partial charge on any atom is -0.466 e. The van der Waals surface area contributed by atoms with Gasteiger partial charge in [0.2, 0.25) is 5.91 Å². The second-order valence-corrected chi connectivity index (χ2v) is 9.44. The van der Waals surface area contributed by atoms with Crippen molar-refractivity contribution in [3.05, 3.63) is 80.2 Å². The number of anilines is 2. The lowest BCUT2D eigenvalue weighted by atomic mass is 9.63. The maximum Gasteiger partial charge on any atom is 0.339 e. The number of esters is 1. The molecule has 1 amide bonds. The number of nitrogens with zero attached hydrogens (tertiary/aromatic N) is 1. The molecule has 0 fully saturated rings. The van der Waals surface area contributed by atoms with Crippen LogP contribution < -0.4 is 16.0 Å². The summed E-state index contributed by atoms with van der Waals surface area (Å²) in [7, 11) is 1.22. The molecule has 2 aromatic carbocycles. The third-order valence-corrected chi connectivity index (χ3v) is 7.00. The first-order chi connectivity index (χ1) is 16.2. The van der Waals surface area contributed by atoms with Crippen molar-refractivity contribution in [2.75, 3.05) is 17.3 Å². The van der Waals surface area contributed by atoms with Gasteiger partial charge in [-0.15, -0.1) is 0 Å². The number of rotatable bonds is 2. The molecule has 2 aliphatic heterocycles. The summed E-state index contributed by atoms with van der Waals surface area (Å²) < 4.78 is 5.12. The van der Waals surface area contributed by atoms with E-state index < -0.39 is 17.3 Å². The number of nitrogens with one attached hydrogen (secondary N) is 1. The number of hydrogen-bond donors (Lipinski definition) is 2. The lowest BCUT2D eigenvalue weighted by Crippen LogP contribution is -2.53. The molecule has 34 heavy (non-hydrogen) atoms. The fourth-order valence-corrected chi connectivity index (χ4v) is 5.80. The highest BCUT2D eigenvalue weighted by Gasteiger charge is 2.61. The molecule has 0 aromatic heterocycles. The van der Waals surface area contributed by atoms with Crippen LogP contribution in [0.3, 0.4) is 0 Å². The van der Waals surface area contributed by atoms with Crippen LogP contribution in [0.4, 0.5) is 11.4 Å². The van der Waals surface area contributed by atoms with Crippen LogP contribution in [-0.2, 0) is 24.5 Å². The van der Waals surface area contributed by atoms with E-state index in [1.54, 1.807) is 29.2 Å². The Bertz CT molecular complexity index is 1340. The average Bonchev–Trinajstić information content (AvgIpc) is 3.04. The number of benzene rings is 2. The average molecular weight is 498 g/mol. The summed E-state index contributed by atoms with van der Waals surface area (Å²) in [6, 6.07) is 10.3. The molecule has 1 aliphatic carbocycles. The Morgan fingerprint density at radius 3 is 2.50 bits per heavy atom. The number of allylic oxidation sites excluding steroid dienone is 1. The molecule has 3 N–H and O–H groups in total. The maximum absolute atomic E-state index is 13.8. The van der Waals surface area contributed by atoms with Gasteiger partial charge in [-0.3, -0.25) is 14.5 Å². The molecule has 1 unspecified atom stereocenters. The van der Waals surface area contributed by atoms with Crippen molar-refractivity contribution in [1.82, 2.24) is 0 Å². The number of Topliss-reactive ketones (excluding diaryl/α,β-unsaturated/α-hetero) is 1. The van der Waals surface area contributed by atoms with Gasteiger partial charge in [-0.25, -0.2) is 4.79 Å². The zero-order valence-electron chi connectivity index (χ0n) is 18.5. The summed E-state index contributed by atoms with van der Waals surface area (Å²) in [5.74, 6) is -1.55. The lowest BCUT2D eigenvalue weighted by Gasteiger charge is -2.44. The summed E-state index contributed by atoms with van der Waals surface area (Å²) in [5.41, 5.74) is 8.02. The van der Waals surface area contributed by atoms with Crippen molar-refractivity contribution in [2.45, 2.75) is 31.6 Å². The van der Waals surface area contributed by atoms with Crippen molar-refractivity contribution in [3.63, 3.8) is 0 Å². The molecule has 1 spiro atoms. The van der Waals surface area contributed by atoms with E-state index in [-0.39, 0.29) is 29.2 Å². The molecule has 1 atom stereocenters. The number of carbonyl (C=O) groups is 3. The number of halogens is 2. The van der Waals surface area contributed by atoms with Gasteiger partial charge in [0.1, 0.15) is 16.8 Å². The van der Waals surface area contributed by atoms with Crippen molar-refractivity contribution in [1.29, 1.82) is 0 Å². The number of methoxy groups -OCH3 is 1. The first-order valence-electron chi connectivity index (χ1n) is 10.7. The smallest absolute Gasteiger partial charge is 0.339 e. The second kappa shape index (κ2) is 7.89. The highest BCUT2D eigenvalue weighted by atomic mass is 35.5. The monoisotopic (exact) mass is 497 g/mol. The number of fused-ring (bicyclic) bond motifs is 3. The maximum atomic E-state index is 13.8. The minimum absolute atomic E-state index is 0.0110. The predicted molar refractivity (Wildman–Crippen MR) is 130 cm³/mol. The van der Waals surface area contributed by atoms with E-state index in [2.05, 4.69) is 5.32 Å². The Labute approximate surface area is 206 Å². The predicted octanol–water partition coefficient (Wildman–Crippen LogP) is 4.36. The van der Waals surface area contributed by atoms with Crippen molar-refractivity contribution < 1.29 is 19.1 Å². The molecule has 5 rings (SSSR count). The fourth-order valence-electron chi connectivity index (χ4n) is 5.29. The highest BCUT2D eigenvalue weighted by molar-refractivity contribution is 6.35. The topological polar surface area (TPSA) is 102 Å². The van der Waals surface area contributed by atoms with E-state index in [1.807, 2.05) is 19.1 Å². The van der Waals surface area contributed by atoms with Gasteiger partial charge in [0, 0.05) is 39.0 Å². The Morgan fingerprint density at radius 2 is 1.82 bits per heavy atom. The van der Waals surface area contributed by atoms with Crippen LogP contribution >= 0.6 is 23.2 Å². The lowest BCUT2D eigenvalue weighted by molar-refractivity contribution is -0.138. The molecule has 0 bridgehead atoms. The van der Waals surface area contributed by atoms with Crippen LogP contribution in [0, 0.1) is 6.92 Å². The van der Waals surface area contributed by atoms with E-state index in [9.17, 15) is 14.4 Å². The van der Waals surface area contributed by atoms with Crippen LogP contribution in [0.2, 0.25) is 10.0 Å². The third-order valence-electron chi connectivity index (χ3n) is 6.56. The number of ether oxygens (including phenoxy) is 1. The van der Waals surface area contributed by atoms with Crippen molar-refractivity contribution in [3.8, 4) is 0 Å². The van der Waals surface area contributed by atoms with Crippen LogP contribution in [0.1, 0.15) is 30.4 Å². The van der Waals surface area contributed by atoms with E-state index in [0.717, 1.165) is 5.56 Å². The van der Waals surface area contributed by atoms with Gasteiger partial charge in [0.25, 0.3) is 0 Å². The summed E-state index contributed by atoms with van der Waals surface area (Å²) in [6.07, 6.45) is 1.28. The van der Waals surface area contributed by atoms with Crippen LogP contribution in [0.5, 0.6) is 0 Å². The Balaban J connectivity index is 1.93. The van der Waals surface area contributed by atoms with Crippen LogP contribution in [0.25, 0.3) is 0 Å². The van der Waals surface area contributed by atoms with Gasteiger partial charge in [-0.05, 0) is 44.0 Å². The molecule has 3 aliphatic rings. The summed E-state index contributed by atoms with van der Waals surface area (Å²) >= 11 is 12.5. The van der Waals surface area contributed by atoms with Gasteiger partial charge in [-0.1, -0.05) is 40.9 Å². The number of nitrogens with two attached hydrogens (primary N) is 1. The number of carbonyl (C=O) groups excluding carboxylic acids is 3. The molecular weight excluding hydrogens is 477 g/mol. The van der Waals surface area contributed by atoms with Gasteiger partial charge in [0.05, 0.1) is 12.8 Å². The van der Waals surface area contributed by atoms with E-state index >= 15 is 0 Å². The van der Waals surface area contributed by atoms with E-state index in [4.69, 9.17) is 33.7 Å². The molecule has 0 radical (unpaired) electrons. The molecule has 2 heterocycles. The van der Waals surface area contributed by atoms with Crippen molar-refractivity contribution in [2.24, 2.45) is 5.73 Å². The first kappa shape index (κ1) is 22.5. The zero-order chi connectivity index (χ0) is 24.4. The number of amides is 1. The van der Waals surface area contributed by atoms with Gasteiger partial charge in [0.15, 0.2) is 5.78 Å². The Morgan fingerprint density at radius 1 is 1.12 bits per heavy atom. The molecule has 0 saturated heterocycles. The molecule has 0 saturated carbocycles.